The molecule has 2 unspecified atom stereocenters. The zero-order valence-electron chi connectivity index (χ0n) is 19.2. The molecule has 4 nitrogen and oxygen atoms in total. The third kappa shape index (κ3) is 5.55. The molecule has 0 fully saturated rings. The molecule has 0 aliphatic carbocycles. The molecule has 2 aromatic rings. The minimum atomic E-state index is -0.449. The smallest absolute Gasteiger partial charge is 0.132 e. The van der Waals surface area contributed by atoms with Crippen molar-refractivity contribution in [1.82, 2.24) is 0 Å². The number of aryl methyl sites for hydroxylation is 1. The van der Waals surface area contributed by atoms with Gasteiger partial charge in [-0.25, -0.2) is 0 Å². The third-order valence-corrected chi connectivity index (χ3v) is 5.66. The van der Waals surface area contributed by atoms with E-state index < -0.39 is 5.60 Å². The van der Waals surface area contributed by atoms with Crippen LogP contribution in [0.1, 0.15) is 69.8 Å². The van der Waals surface area contributed by atoms with Gasteiger partial charge in [-0.1, -0.05) is 49.6 Å². The van der Waals surface area contributed by atoms with Gasteiger partial charge in [-0.3, -0.25) is 0 Å². The van der Waals surface area contributed by atoms with E-state index in [0.29, 0.717) is 6.61 Å². The summed E-state index contributed by atoms with van der Waals surface area (Å²) >= 11 is 0. The average molecular weight is 412 g/mol. The Morgan fingerprint density at radius 2 is 1.77 bits per heavy atom. The first-order valence-corrected chi connectivity index (χ1v) is 11.3. The van der Waals surface area contributed by atoms with Gasteiger partial charge in [-0.05, 0) is 57.9 Å². The quantitative estimate of drug-likeness (QED) is 0.457. The molecule has 0 spiro atoms. The van der Waals surface area contributed by atoms with Crippen LogP contribution in [0.2, 0.25) is 0 Å². The van der Waals surface area contributed by atoms with Crippen molar-refractivity contribution in [2.45, 2.75) is 78.2 Å². The van der Waals surface area contributed by atoms with E-state index in [-0.39, 0.29) is 12.2 Å². The van der Waals surface area contributed by atoms with Gasteiger partial charge in [0.05, 0.1) is 0 Å². The van der Waals surface area contributed by atoms with E-state index in [0.717, 1.165) is 36.6 Å². The topological polar surface area (TPSA) is 39.7 Å². The van der Waals surface area contributed by atoms with E-state index in [1.165, 1.54) is 24.0 Å². The zero-order valence-corrected chi connectivity index (χ0v) is 19.2. The first-order valence-electron chi connectivity index (χ1n) is 11.3. The second kappa shape index (κ2) is 10.3. The number of benzene rings is 2. The van der Waals surface area contributed by atoms with Gasteiger partial charge in [0.25, 0.3) is 0 Å². The fourth-order valence-corrected chi connectivity index (χ4v) is 3.96. The highest BCUT2D eigenvalue weighted by molar-refractivity contribution is 5.54. The summed E-state index contributed by atoms with van der Waals surface area (Å²) in [7, 11) is 0. The van der Waals surface area contributed by atoms with Crippen LogP contribution >= 0.6 is 0 Å². The molecule has 1 aliphatic heterocycles. The fourth-order valence-electron chi connectivity index (χ4n) is 3.96. The van der Waals surface area contributed by atoms with Gasteiger partial charge >= 0.3 is 0 Å². The number of anilines is 1. The molecule has 0 amide bonds. The maximum absolute atomic E-state index is 6.36. The number of rotatable bonds is 10. The van der Waals surface area contributed by atoms with E-state index in [1.54, 1.807) is 0 Å². The lowest BCUT2D eigenvalue weighted by Crippen LogP contribution is -2.51. The molecule has 0 saturated carbocycles. The lowest BCUT2D eigenvalue weighted by molar-refractivity contribution is -0.161. The number of hydrogen-bond donors (Lipinski definition) is 1. The van der Waals surface area contributed by atoms with E-state index in [9.17, 15) is 0 Å². The molecule has 164 valence electrons. The Balaban J connectivity index is 1.78. The molecule has 30 heavy (non-hydrogen) atoms. The summed E-state index contributed by atoms with van der Waals surface area (Å²) in [4.78, 5) is 0. The van der Waals surface area contributed by atoms with Gasteiger partial charge in [0.15, 0.2) is 0 Å². The fraction of sp³-hybridized carbons (Fsp3) is 0.538. The lowest BCUT2D eigenvalue weighted by Gasteiger charge is -2.44. The van der Waals surface area contributed by atoms with Crippen molar-refractivity contribution < 1.29 is 14.2 Å². The van der Waals surface area contributed by atoms with Crippen molar-refractivity contribution in [2.75, 3.05) is 18.5 Å². The van der Waals surface area contributed by atoms with E-state index in [1.807, 2.05) is 13.0 Å². The highest BCUT2D eigenvalue weighted by atomic mass is 16.6. The van der Waals surface area contributed by atoms with Crippen LogP contribution in [-0.4, -0.2) is 24.9 Å². The van der Waals surface area contributed by atoms with Crippen LogP contribution in [0.25, 0.3) is 0 Å². The largest absolute Gasteiger partial charge is 0.485 e. The van der Waals surface area contributed by atoms with Crippen LogP contribution in [0.5, 0.6) is 5.75 Å². The molecule has 1 aliphatic rings. The van der Waals surface area contributed by atoms with Crippen molar-refractivity contribution in [3.63, 3.8) is 0 Å². The molecule has 1 heterocycles. The second-order valence-corrected chi connectivity index (χ2v) is 8.67. The highest BCUT2D eigenvalue weighted by Crippen LogP contribution is 2.44. The Morgan fingerprint density at radius 3 is 2.47 bits per heavy atom. The second-order valence-electron chi connectivity index (χ2n) is 8.67. The SMILES string of the molecule is CCCCCOC1C(OCC)c2cc(NCc3ccc(C)cc3)ccc2OC1(C)C. The minimum Gasteiger partial charge on any atom is -0.485 e. The summed E-state index contributed by atoms with van der Waals surface area (Å²) < 4.78 is 18.9. The van der Waals surface area contributed by atoms with Crippen LogP contribution in [0, 0.1) is 6.92 Å². The van der Waals surface area contributed by atoms with Crippen molar-refractivity contribution in [3.8, 4) is 5.75 Å². The van der Waals surface area contributed by atoms with Gasteiger partial charge in [0.2, 0.25) is 0 Å². The Kier molecular flexibility index (Phi) is 7.79. The number of ether oxygens (including phenoxy) is 3. The van der Waals surface area contributed by atoms with E-state index in [4.69, 9.17) is 14.2 Å². The van der Waals surface area contributed by atoms with Crippen LogP contribution in [0.4, 0.5) is 5.69 Å². The molecule has 2 atom stereocenters. The minimum absolute atomic E-state index is 0.142. The molecular weight excluding hydrogens is 374 g/mol. The predicted molar refractivity (Wildman–Crippen MR) is 123 cm³/mol. The summed E-state index contributed by atoms with van der Waals surface area (Å²) in [6, 6.07) is 14.9. The number of fused-ring (bicyclic) bond motifs is 1. The molecule has 0 radical (unpaired) electrons. The van der Waals surface area contributed by atoms with Crippen LogP contribution < -0.4 is 10.1 Å². The molecule has 3 rings (SSSR count). The van der Waals surface area contributed by atoms with Gasteiger partial charge in [0, 0.05) is 31.0 Å². The highest BCUT2D eigenvalue weighted by Gasteiger charge is 2.45. The number of unbranched alkanes of at least 4 members (excludes halogenated alkanes) is 2. The summed E-state index contributed by atoms with van der Waals surface area (Å²) in [6.45, 7) is 12.7. The van der Waals surface area contributed by atoms with Gasteiger partial charge in [0.1, 0.15) is 23.6 Å². The molecule has 0 aromatic heterocycles. The van der Waals surface area contributed by atoms with Crippen LogP contribution in [0.15, 0.2) is 42.5 Å². The Morgan fingerprint density at radius 1 is 1.00 bits per heavy atom. The maximum Gasteiger partial charge on any atom is 0.132 e. The number of hydrogen-bond acceptors (Lipinski definition) is 4. The van der Waals surface area contributed by atoms with Crippen molar-refractivity contribution >= 4 is 5.69 Å². The Hall–Kier alpha value is -2.04. The normalized spacial score (nSPS) is 19.8. The van der Waals surface area contributed by atoms with Crippen LogP contribution in [-0.2, 0) is 16.0 Å². The Bertz CT molecular complexity index is 800. The van der Waals surface area contributed by atoms with E-state index in [2.05, 4.69) is 69.4 Å². The van der Waals surface area contributed by atoms with Crippen LogP contribution in [0.3, 0.4) is 0 Å². The van der Waals surface area contributed by atoms with Gasteiger partial charge in [-0.15, -0.1) is 0 Å². The first kappa shape index (κ1) is 22.6. The summed E-state index contributed by atoms with van der Waals surface area (Å²) in [5.41, 5.74) is 4.21. The van der Waals surface area contributed by atoms with Gasteiger partial charge < -0.3 is 19.5 Å². The standard InChI is InChI=1S/C26H37NO3/c1-6-8-9-16-29-25-24(28-7-2)22-17-21(14-15-23(22)30-26(25,4)5)27-18-20-12-10-19(3)11-13-20/h10-15,17,24-25,27H,6-9,16,18H2,1-5H3. The molecule has 2 aromatic carbocycles. The van der Waals surface area contributed by atoms with Gasteiger partial charge in [-0.2, -0.15) is 0 Å². The molecule has 0 saturated heterocycles. The van der Waals surface area contributed by atoms with Crippen molar-refractivity contribution in [1.29, 1.82) is 0 Å². The van der Waals surface area contributed by atoms with Crippen molar-refractivity contribution in [2.24, 2.45) is 0 Å². The summed E-state index contributed by atoms with van der Waals surface area (Å²) in [5.74, 6) is 0.882. The molecule has 4 heteroatoms. The van der Waals surface area contributed by atoms with Crippen molar-refractivity contribution in [3.05, 3.63) is 59.2 Å². The number of nitrogens with one attached hydrogen (secondary N) is 1. The average Bonchev–Trinajstić information content (AvgIpc) is 2.72. The summed E-state index contributed by atoms with van der Waals surface area (Å²) in [6.07, 6.45) is 3.14. The monoisotopic (exact) mass is 411 g/mol. The molecular formula is C26H37NO3. The molecule has 1 N–H and O–H groups in total. The summed E-state index contributed by atoms with van der Waals surface area (Å²) in [5, 5.41) is 3.54. The van der Waals surface area contributed by atoms with E-state index >= 15 is 0 Å². The first-order chi connectivity index (χ1) is 14.4. The predicted octanol–water partition coefficient (Wildman–Crippen LogP) is 6.43. The zero-order chi connectivity index (χ0) is 21.6. The maximum atomic E-state index is 6.36. The third-order valence-electron chi connectivity index (χ3n) is 5.66. The molecule has 0 bridgehead atoms. The lowest BCUT2D eigenvalue weighted by atomic mass is 9.87. The Labute approximate surface area is 181 Å².